The van der Waals surface area contributed by atoms with Crippen LogP contribution in [0, 0.1) is 0 Å². The van der Waals surface area contributed by atoms with Gasteiger partial charge in [-0.1, -0.05) is 0 Å². The second-order valence-corrected chi connectivity index (χ2v) is 8.79. The molecule has 134 valence electrons. The van der Waals surface area contributed by atoms with E-state index in [1.165, 1.54) is 17.0 Å². The first kappa shape index (κ1) is 18.1. The molecule has 0 spiro atoms. The molecule has 2 aromatic rings. The SMILES string of the molecule is CN(Cc1cnn(C)c1)C(=O)c1cc(S(=O)(=O)NC2CC2)ccc1Br. The first-order valence-electron chi connectivity index (χ1n) is 7.81. The van der Waals surface area contributed by atoms with Gasteiger partial charge < -0.3 is 4.90 Å². The summed E-state index contributed by atoms with van der Waals surface area (Å²) in [6.45, 7) is 0.385. The standard InChI is InChI=1S/C16H19BrN4O3S/c1-20(9-11-8-18-21(2)10-11)16(22)14-7-13(5-6-15(14)17)25(23,24)19-12-3-4-12/h5-8,10,12,19H,3-4,9H2,1-2H3. The third-order valence-electron chi connectivity index (χ3n) is 3.90. The number of halogens is 1. The molecule has 0 unspecified atom stereocenters. The van der Waals surface area contributed by atoms with Crippen molar-refractivity contribution in [2.45, 2.75) is 30.3 Å². The third-order valence-corrected chi connectivity index (χ3v) is 6.11. The molecule has 1 aliphatic carbocycles. The quantitative estimate of drug-likeness (QED) is 0.763. The fourth-order valence-electron chi connectivity index (χ4n) is 2.43. The molecule has 7 nitrogen and oxygen atoms in total. The van der Waals surface area contributed by atoms with Crippen LogP contribution in [0.1, 0.15) is 28.8 Å². The summed E-state index contributed by atoms with van der Waals surface area (Å²) in [5, 5.41) is 4.08. The van der Waals surface area contributed by atoms with E-state index in [0.29, 0.717) is 16.6 Å². The zero-order valence-electron chi connectivity index (χ0n) is 13.9. The number of hydrogen-bond donors (Lipinski definition) is 1. The largest absolute Gasteiger partial charge is 0.337 e. The summed E-state index contributed by atoms with van der Waals surface area (Å²) in [5.41, 5.74) is 1.21. The number of nitrogens with one attached hydrogen (secondary N) is 1. The Balaban J connectivity index is 1.82. The first-order valence-corrected chi connectivity index (χ1v) is 10.1. The predicted molar refractivity (Wildman–Crippen MR) is 96.5 cm³/mol. The van der Waals surface area contributed by atoms with Crippen LogP contribution in [-0.2, 0) is 23.6 Å². The van der Waals surface area contributed by atoms with Gasteiger partial charge in [-0.05, 0) is 47.0 Å². The molecule has 1 saturated carbocycles. The minimum absolute atomic E-state index is 0.0149. The van der Waals surface area contributed by atoms with Gasteiger partial charge in [-0.15, -0.1) is 0 Å². The summed E-state index contributed by atoms with van der Waals surface area (Å²) < 4.78 is 29.6. The van der Waals surface area contributed by atoms with Crippen LogP contribution in [0.5, 0.6) is 0 Å². The Morgan fingerprint density at radius 1 is 1.44 bits per heavy atom. The summed E-state index contributed by atoms with van der Waals surface area (Å²) in [5.74, 6) is -0.265. The zero-order chi connectivity index (χ0) is 18.2. The highest BCUT2D eigenvalue weighted by Gasteiger charge is 2.29. The second kappa shape index (κ2) is 6.89. The molecule has 0 saturated heterocycles. The molecular formula is C16H19BrN4O3S. The van der Waals surface area contributed by atoms with E-state index in [0.717, 1.165) is 18.4 Å². The van der Waals surface area contributed by atoms with Crippen molar-refractivity contribution in [2.75, 3.05) is 7.05 Å². The van der Waals surface area contributed by atoms with Gasteiger partial charge in [0, 0.05) is 42.9 Å². The topological polar surface area (TPSA) is 84.3 Å². The molecule has 0 atom stereocenters. The van der Waals surface area contributed by atoms with E-state index in [2.05, 4.69) is 25.8 Å². The second-order valence-electron chi connectivity index (χ2n) is 6.22. The molecule has 1 heterocycles. The Bertz CT molecular complexity index is 906. The summed E-state index contributed by atoms with van der Waals surface area (Å²) in [6.07, 6.45) is 5.24. The third kappa shape index (κ3) is 4.28. The molecule has 3 rings (SSSR count). The molecule has 0 aliphatic heterocycles. The molecule has 0 radical (unpaired) electrons. The van der Waals surface area contributed by atoms with Gasteiger partial charge in [0.2, 0.25) is 10.0 Å². The monoisotopic (exact) mass is 426 g/mol. The van der Waals surface area contributed by atoms with Gasteiger partial charge in [0.25, 0.3) is 5.91 Å². The van der Waals surface area contributed by atoms with E-state index in [9.17, 15) is 13.2 Å². The highest BCUT2D eigenvalue weighted by atomic mass is 79.9. The number of hydrogen-bond acceptors (Lipinski definition) is 4. The molecule has 1 aliphatic rings. The normalized spacial score (nSPS) is 14.5. The maximum absolute atomic E-state index is 12.7. The predicted octanol–water partition coefficient (Wildman–Crippen LogP) is 1.90. The fourth-order valence-corrected chi connectivity index (χ4v) is 4.18. The average molecular weight is 427 g/mol. The number of aromatic nitrogens is 2. The molecular weight excluding hydrogens is 408 g/mol. The highest BCUT2D eigenvalue weighted by molar-refractivity contribution is 9.10. The zero-order valence-corrected chi connectivity index (χ0v) is 16.3. The minimum atomic E-state index is -3.61. The van der Waals surface area contributed by atoms with E-state index in [1.807, 2.05) is 13.2 Å². The Labute approximate surface area is 155 Å². The van der Waals surface area contributed by atoms with Crippen LogP contribution in [0.2, 0.25) is 0 Å². The molecule has 25 heavy (non-hydrogen) atoms. The molecule has 1 aromatic carbocycles. The van der Waals surface area contributed by atoms with Crippen LogP contribution in [0.4, 0.5) is 0 Å². The lowest BCUT2D eigenvalue weighted by atomic mass is 10.2. The van der Waals surface area contributed by atoms with Crippen LogP contribution in [-0.4, -0.2) is 42.1 Å². The number of rotatable bonds is 6. The minimum Gasteiger partial charge on any atom is -0.337 e. The van der Waals surface area contributed by atoms with E-state index >= 15 is 0 Å². The van der Waals surface area contributed by atoms with Gasteiger partial charge >= 0.3 is 0 Å². The Hall–Kier alpha value is -1.71. The molecule has 1 N–H and O–H groups in total. The molecule has 1 amide bonds. The van der Waals surface area contributed by atoms with Crippen LogP contribution < -0.4 is 4.72 Å². The Morgan fingerprint density at radius 3 is 2.76 bits per heavy atom. The molecule has 1 fully saturated rings. The smallest absolute Gasteiger partial charge is 0.255 e. The summed E-state index contributed by atoms with van der Waals surface area (Å²) >= 11 is 3.34. The lowest BCUT2D eigenvalue weighted by Crippen LogP contribution is -2.28. The van der Waals surface area contributed by atoms with Crippen LogP contribution in [0.3, 0.4) is 0 Å². The van der Waals surface area contributed by atoms with Gasteiger partial charge in [0.15, 0.2) is 0 Å². The van der Waals surface area contributed by atoms with E-state index in [-0.39, 0.29) is 16.8 Å². The lowest BCUT2D eigenvalue weighted by Gasteiger charge is -2.18. The van der Waals surface area contributed by atoms with Gasteiger partial charge in [-0.3, -0.25) is 9.48 Å². The van der Waals surface area contributed by atoms with E-state index in [4.69, 9.17) is 0 Å². The van der Waals surface area contributed by atoms with Crippen molar-refractivity contribution in [3.8, 4) is 0 Å². The summed E-state index contributed by atoms with van der Waals surface area (Å²) in [4.78, 5) is 14.4. The highest BCUT2D eigenvalue weighted by Crippen LogP contribution is 2.26. The number of sulfonamides is 1. The number of amides is 1. The van der Waals surface area contributed by atoms with Crippen LogP contribution >= 0.6 is 15.9 Å². The number of nitrogens with zero attached hydrogens (tertiary/aromatic N) is 3. The van der Waals surface area contributed by atoms with Gasteiger partial charge in [-0.2, -0.15) is 5.10 Å². The molecule has 1 aromatic heterocycles. The van der Waals surface area contributed by atoms with Crippen molar-refractivity contribution in [1.29, 1.82) is 0 Å². The van der Waals surface area contributed by atoms with Crippen molar-refractivity contribution in [1.82, 2.24) is 19.4 Å². The summed E-state index contributed by atoms with van der Waals surface area (Å²) in [6, 6.07) is 4.51. The van der Waals surface area contributed by atoms with Crippen molar-refractivity contribution in [3.63, 3.8) is 0 Å². The van der Waals surface area contributed by atoms with Crippen molar-refractivity contribution in [2.24, 2.45) is 7.05 Å². The van der Waals surface area contributed by atoms with Crippen molar-refractivity contribution in [3.05, 3.63) is 46.2 Å². The number of carbonyl (C=O) groups excluding carboxylic acids is 1. The number of benzene rings is 1. The maximum atomic E-state index is 12.7. The number of aryl methyl sites for hydroxylation is 1. The number of carbonyl (C=O) groups is 1. The maximum Gasteiger partial charge on any atom is 0.255 e. The van der Waals surface area contributed by atoms with Gasteiger partial charge in [-0.25, -0.2) is 13.1 Å². The van der Waals surface area contributed by atoms with Crippen LogP contribution in [0.15, 0.2) is 40.0 Å². The lowest BCUT2D eigenvalue weighted by molar-refractivity contribution is 0.0784. The van der Waals surface area contributed by atoms with Gasteiger partial charge in [0.05, 0.1) is 16.7 Å². The Morgan fingerprint density at radius 2 is 2.16 bits per heavy atom. The van der Waals surface area contributed by atoms with Gasteiger partial charge in [0.1, 0.15) is 0 Å². The molecule has 0 bridgehead atoms. The first-order chi connectivity index (χ1) is 11.8. The summed E-state index contributed by atoms with van der Waals surface area (Å²) in [7, 11) is -0.125. The van der Waals surface area contributed by atoms with Crippen molar-refractivity contribution >= 4 is 31.9 Å². The Kier molecular flexibility index (Phi) is 4.99. The molecule has 9 heteroatoms. The van der Waals surface area contributed by atoms with E-state index in [1.54, 1.807) is 24.0 Å². The van der Waals surface area contributed by atoms with E-state index < -0.39 is 10.0 Å². The van der Waals surface area contributed by atoms with Crippen LogP contribution in [0.25, 0.3) is 0 Å². The average Bonchev–Trinajstić information content (AvgIpc) is 3.26. The van der Waals surface area contributed by atoms with Crippen molar-refractivity contribution < 1.29 is 13.2 Å². The fraction of sp³-hybridized carbons (Fsp3) is 0.375.